The van der Waals surface area contributed by atoms with Gasteiger partial charge in [-0.3, -0.25) is 4.98 Å². The maximum Gasteiger partial charge on any atom is 0.173 e. The van der Waals surface area contributed by atoms with E-state index in [0.717, 1.165) is 4.88 Å². The molecule has 1 aromatic carbocycles. The minimum absolute atomic E-state index is 0.345. The van der Waals surface area contributed by atoms with Crippen LogP contribution in [-0.4, -0.2) is 29.2 Å². The number of halogens is 1. The van der Waals surface area contributed by atoms with Crippen molar-refractivity contribution >= 4 is 33.8 Å². The van der Waals surface area contributed by atoms with Crippen LogP contribution in [0.25, 0.3) is 21.6 Å². The van der Waals surface area contributed by atoms with Gasteiger partial charge < -0.3 is 9.47 Å². The molecule has 0 saturated heterocycles. The molecular formula is C13H10ClN3O2S. The minimum atomic E-state index is 0.345. The van der Waals surface area contributed by atoms with Gasteiger partial charge in [-0.1, -0.05) is 11.6 Å². The Morgan fingerprint density at radius 2 is 2.00 bits per heavy atom. The number of nitrogens with zero attached hydrogens (tertiary/aromatic N) is 3. The molecule has 7 heteroatoms. The molecular weight excluding hydrogens is 298 g/mol. The molecule has 0 aliphatic heterocycles. The average Bonchev–Trinajstić information content (AvgIpc) is 2.99. The largest absolute Gasteiger partial charge is 0.497 e. The standard InChI is InChI=1S/C13H10ClN3O2S/c1-18-7-3-8-11(9(4-7)19-2)12(14)17-13(16-8)10-5-15-6-20-10/h3-6H,1-2H3. The van der Waals surface area contributed by atoms with Crippen molar-refractivity contribution in [2.45, 2.75) is 0 Å². The third-order valence-corrected chi connectivity index (χ3v) is 3.84. The summed E-state index contributed by atoms with van der Waals surface area (Å²) in [6, 6.07) is 3.56. The van der Waals surface area contributed by atoms with Crippen LogP contribution in [-0.2, 0) is 0 Å². The van der Waals surface area contributed by atoms with E-state index in [0.29, 0.717) is 33.4 Å². The monoisotopic (exact) mass is 307 g/mol. The van der Waals surface area contributed by atoms with Crippen molar-refractivity contribution in [2.24, 2.45) is 0 Å². The second kappa shape index (κ2) is 5.22. The summed E-state index contributed by atoms with van der Waals surface area (Å²) in [5.74, 6) is 1.78. The minimum Gasteiger partial charge on any atom is -0.497 e. The van der Waals surface area contributed by atoms with Crippen LogP contribution in [0.1, 0.15) is 0 Å². The Labute approximate surface area is 124 Å². The predicted octanol–water partition coefficient (Wildman–Crippen LogP) is 3.42. The summed E-state index contributed by atoms with van der Waals surface area (Å²) in [6.45, 7) is 0. The fourth-order valence-corrected chi connectivity index (χ4v) is 2.70. The zero-order chi connectivity index (χ0) is 14.1. The lowest BCUT2D eigenvalue weighted by Crippen LogP contribution is -1.95. The van der Waals surface area contributed by atoms with E-state index in [9.17, 15) is 0 Å². The van der Waals surface area contributed by atoms with Gasteiger partial charge >= 0.3 is 0 Å². The van der Waals surface area contributed by atoms with Gasteiger partial charge in [0.05, 0.1) is 35.5 Å². The summed E-state index contributed by atoms with van der Waals surface area (Å²) < 4.78 is 10.6. The molecule has 0 radical (unpaired) electrons. The van der Waals surface area contributed by atoms with E-state index >= 15 is 0 Å². The van der Waals surface area contributed by atoms with Crippen LogP contribution in [0, 0.1) is 0 Å². The Hall–Kier alpha value is -1.92. The van der Waals surface area contributed by atoms with E-state index in [-0.39, 0.29) is 0 Å². The molecule has 5 nitrogen and oxygen atoms in total. The number of methoxy groups -OCH3 is 2. The van der Waals surface area contributed by atoms with Crippen molar-refractivity contribution < 1.29 is 9.47 Å². The SMILES string of the molecule is COc1cc(OC)c2c(Cl)nc(-c3cncs3)nc2c1. The second-order valence-electron chi connectivity index (χ2n) is 3.93. The number of thiazole rings is 1. The third-order valence-electron chi connectivity index (χ3n) is 2.80. The highest BCUT2D eigenvalue weighted by Crippen LogP contribution is 2.35. The molecule has 20 heavy (non-hydrogen) atoms. The third kappa shape index (κ3) is 2.17. The molecule has 0 fully saturated rings. The van der Waals surface area contributed by atoms with Gasteiger partial charge in [0.15, 0.2) is 5.82 Å². The first kappa shape index (κ1) is 13.1. The smallest absolute Gasteiger partial charge is 0.173 e. The van der Waals surface area contributed by atoms with E-state index in [1.165, 1.54) is 11.3 Å². The fourth-order valence-electron chi connectivity index (χ4n) is 1.87. The predicted molar refractivity (Wildman–Crippen MR) is 78.8 cm³/mol. The van der Waals surface area contributed by atoms with Crippen LogP contribution in [0.15, 0.2) is 23.8 Å². The number of aromatic nitrogens is 3. The first-order valence-electron chi connectivity index (χ1n) is 5.71. The van der Waals surface area contributed by atoms with E-state index in [1.807, 2.05) is 0 Å². The highest BCUT2D eigenvalue weighted by Gasteiger charge is 2.14. The van der Waals surface area contributed by atoms with Crippen molar-refractivity contribution in [1.82, 2.24) is 15.0 Å². The van der Waals surface area contributed by atoms with Crippen LogP contribution in [0.5, 0.6) is 11.5 Å². The molecule has 0 spiro atoms. The molecule has 102 valence electrons. The van der Waals surface area contributed by atoms with E-state index < -0.39 is 0 Å². The van der Waals surface area contributed by atoms with E-state index in [4.69, 9.17) is 21.1 Å². The normalized spacial score (nSPS) is 10.8. The quantitative estimate of drug-likeness (QED) is 0.694. The van der Waals surface area contributed by atoms with Crippen LogP contribution in [0.3, 0.4) is 0 Å². The van der Waals surface area contributed by atoms with Crippen LogP contribution in [0.4, 0.5) is 0 Å². The lowest BCUT2D eigenvalue weighted by Gasteiger charge is -2.10. The highest BCUT2D eigenvalue weighted by molar-refractivity contribution is 7.13. The molecule has 0 aliphatic rings. The van der Waals surface area contributed by atoms with Gasteiger partial charge in [0, 0.05) is 18.3 Å². The number of fused-ring (bicyclic) bond motifs is 1. The Morgan fingerprint density at radius 3 is 2.65 bits per heavy atom. The second-order valence-corrected chi connectivity index (χ2v) is 5.17. The molecule has 2 aromatic heterocycles. The summed E-state index contributed by atoms with van der Waals surface area (Å²) in [5, 5.41) is 1.01. The maximum absolute atomic E-state index is 6.27. The summed E-state index contributed by atoms with van der Waals surface area (Å²) in [6.07, 6.45) is 1.71. The number of benzene rings is 1. The van der Waals surface area contributed by atoms with Gasteiger partial charge in [-0.2, -0.15) is 0 Å². The van der Waals surface area contributed by atoms with Crippen molar-refractivity contribution in [2.75, 3.05) is 14.2 Å². The van der Waals surface area contributed by atoms with Crippen molar-refractivity contribution in [3.63, 3.8) is 0 Å². The first-order chi connectivity index (χ1) is 9.72. The van der Waals surface area contributed by atoms with Gasteiger partial charge in [0.25, 0.3) is 0 Å². The van der Waals surface area contributed by atoms with E-state index in [2.05, 4.69) is 15.0 Å². The van der Waals surface area contributed by atoms with Gasteiger partial charge in [-0.15, -0.1) is 11.3 Å². The molecule has 0 atom stereocenters. The van der Waals surface area contributed by atoms with Gasteiger partial charge in [-0.05, 0) is 0 Å². The Kier molecular flexibility index (Phi) is 3.42. The molecule has 0 aliphatic carbocycles. The summed E-state index contributed by atoms with van der Waals surface area (Å²) in [7, 11) is 3.16. The van der Waals surface area contributed by atoms with Crippen molar-refractivity contribution in [3.05, 3.63) is 29.0 Å². The van der Waals surface area contributed by atoms with Gasteiger partial charge in [-0.25, -0.2) is 9.97 Å². The Balaban J connectivity index is 2.30. The lowest BCUT2D eigenvalue weighted by molar-refractivity contribution is 0.398. The summed E-state index contributed by atoms with van der Waals surface area (Å²) in [5.41, 5.74) is 2.40. The zero-order valence-electron chi connectivity index (χ0n) is 10.8. The van der Waals surface area contributed by atoms with Gasteiger partial charge in [0.2, 0.25) is 0 Å². The maximum atomic E-state index is 6.27. The molecule has 0 N–H and O–H groups in total. The van der Waals surface area contributed by atoms with Gasteiger partial charge in [0.1, 0.15) is 16.7 Å². The molecule has 0 bridgehead atoms. The van der Waals surface area contributed by atoms with Crippen LogP contribution >= 0.6 is 22.9 Å². The zero-order valence-corrected chi connectivity index (χ0v) is 12.3. The van der Waals surface area contributed by atoms with Crippen LogP contribution in [0.2, 0.25) is 5.15 Å². The number of hydrogen-bond acceptors (Lipinski definition) is 6. The Morgan fingerprint density at radius 1 is 1.15 bits per heavy atom. The Bertz CT molecular complexity index is 762. The molecule has 3 aromatic rings. The first-order valence-corrected chi connectivity index (χ1v) is 6.97. The molecule has 0 amide bonds. The lowest BCUT2D eigenvalue weighted by atomic mass is 10.2. The van der Waals surface area contributed by atoms with Crippen molar-refractivity contribution in [1.29, 1.82) is 0 Å². The molecule has 3 rings (SSSR count). The van der Waals surface area contributed by atoms with E-state index in [1.54, 1.807) is 38.1 Å². The number of hydrogen-bond donors (Lipinski definition) is 0. The molecule has 0 saturated carbocycles. The topological polar surface area (TPSA) is 57.1 Å². The average molecular weight is 308 g/mol. The van der Waals surface area contributed by atoms with Crippen molar-refractivity contribution in [3.8, 4) is 22.2 Å². The number of rotatable bonds is 3. The molecule has 0 unspecified atom stereocenters. The summed E-state index contributed by atoms with van der Waals surface area (Å²) >= 11 is 7.73. The molecule has 2 heterocycles. The highest BCUT2D eigenvalue weighted by atomic mass is 35.5. The number of ether oxygens (including phenoxy) is 2. The van der Waals surface area contributed by atoms with Crippen LogP contribution < -0.4 is 9.47 Å². The summed E-state index contributed by atoms with van der Waals surface area (Å²) in [4.78, 5) is 13.7. The fraction of sp³-hybridized carbons (Fsp3) is 0.154.